The van der Waals surface area contributed by atoms with E-state index in [1.165, 1.54) is 17.4 Å². The molecule has 0 aliphatic rings. The molecule has 3 aromatic rings. The summed E-state index contributed by atoms with van der Waals surface area (Å²) in [7, 11) is 0. The summed E-state index contributed by atoms with van der Waals surface area (Å²) in [6, 6.07) is 13.0. The van der Waals surface area contributed by atoms with Crippen LogP contribution in [0.4, 0.5) is 4.39 Å². The third-order valence-electron chi connectivity index (χ3n) is 3.09. The van der Waals surface area contributed by atoms with Gasteiger partial charge in [-0.05, 0) is 31.2 Å². The van der Waals surface area contributed by atoms with Crippen molar-refractivity contribution in [2.75, 3.05) is 0 Å². The smallest absolute Gasteiger partial charge is 0.134 e. The van der Waals surface area contributed by atoms with Crippen LogP contribution in [0.3, 0.4) is 0 Å². The molecule has 0 radical (unpaired) electrons. The average Bonchev–Trinajstić information content (AvgIpc) is 2.81. The van der Waals surface area contributed by atoms with Crippen LogP contribution in [0.1, 0.15) is 4.88 Å². The monoisotopic (exact) mass is 425 g/mol. The van der Waals surface area contributed by atoms with Gasteiger partial charge in [0.15, 0.2) is 0 Å². The standard InChI is InChI=1S/C16H10Br2FNS/c1-9-15(11-4-2-3-5-13(11)18)20-16(21-9)12-7-6-10(17)8-14(12)19/h2-8H,1H3. The zero-order valence-electron chi connectivity index (χ0n) is 11.0. The number of hydrogen-bond donors (Lipinski definition) is 0. The molecule has 0 atom stereocenters. The number of aromatic nitrogens is 1. The number of rotatable bonds is 2. The van der Waals surface area contributed by atoms with E-state index in [1.807, 2.05) is 37.3 Å². The Morgan fingerprint density at radius 1 is 1.05 bits per heavy atom. The maximum absolute atomic E-state index is 14.1. The summed E-state index contributed by atoms with van der Waals surface area (Å²) < 4.78 is 15.8. The molecular weight excluding hydrogens is 417 g/mol. The molecule has 0 aliphatic heterocycles. The fourth-order valence-electron chi connectivity index (χ4n) is 2.08. The molecule has 0 N–H and O–H groups in total. The summed E-state index contributed by atoms with van der Waals surface area (Å²) in [6.07, 6.45) is 0. The molecular formula is C16H10Br2FNS. The van der Waals surface area contributed by atoms with Crippen LogP contribution in [0.2, 0.25) is 0 Å². The fourth-order valence-corrected chi connectivity index (χ4v) is 3.84. The average molecular weight is 427 g/mol. The minimum Gasteiger partial charge on any atom is -0.236 e. The lowest BCUT2D eigenvalue weighted by molar-refractivity contribution is 0.630. The molecule has 0 aliphatic carbocycles. The Kier molecular flexibility index (Phi) is 4.24. The van der Waals surface area contributed by atoms with Crippen molar-refractivity contribution in [3.63, 3.8) is 0 Å². The van der Waals surface area contributed by atoms with E-state index in [2.05, 4.69) is 36.8 Å². The van der Waals surface area contributed by atoms with Gasteiger partial charge in [-0.1, -0.05) is 50.1 Å². The molecule has 1 nitrogen and oxygen atoms in total. The normalized spacial score (nSPS) is 10.9. The molecule has 0 saturated carbocycles. The zero-order chi connectivity index (χ0) is 15.0. The number of aryl methyl sites for hydroxylation is 1. The van der Waals surface area contributed by atoms with Crippen molar-refractivity contribution < 1.29 is 4.39 Å². The zero-order valence-corrected chi connectivity index (χ0v) is 15.0. The van der Waals surface area contributed by atoms with Crippen molar-refractivity contribution in [3.05, 3.63) is 62.1 Å². The molecule has 21 heavy (non-hydrogen) atoms. The van der Waals surface area contributed by atoms with Crippen molar-refractivity contribution in [1.82, 2.24) is 4.98 Å². The van der Waals surface area contributed by atoms with Crippen LogP contribution in [0.25, 0.3) is 21.8 Å². The van der Waals surface area contributed by atoms with Gasteiger partial charge in [-0.2, -0.15) is 0 Å². The van der Waals surface area contributed by atoms with E-state index in [0.29, 0.717) is 10.6 Å². The summed E-state index contributed by atoms with van der Waals surface area (Å²) in [6.45, 7) is 2.01. The van der Waals surface area contributed by atoms with Crippen molar-refractivity contribution in [3.8, 4) is 21.8 Å². The molecule has 3 rings (SSSR count). The van der Waals surface area contributed by atoms with Crippen molar-refractivity contribution in [1.29, 1.82) is 0 Å². The summed E-state index contributed by atoms with van der Waals surface area (Å²) in [4.78, 5) is 5.70. The predicted octanol–water partition coefficient (Wildman–Crippen LogP) is 6.45. The first kappa shape index (κ1) is 14.9. The van der Waals surface area contributed by atoms with Crippen molar-refractivity contribution >= 4 is 43.2 Å². The number of halogens is 3. The third kappa shape index (κ3) is 2.96. The Morgan fingerprint density at radius 2 is 1.81 bits per heavy atom. The van der Waals surface area contributed by atoms with Crippen LogP contribution in [0.15, 0.2) is 51.4 Å². The lowest BCUT2D eigenvalue weighted by Gasteiger charge is -2.02. The molecule has 0 spiro atoms. The van der Waals surface area contributed by atoms with Crippen molar-refractivity contribution in [2.24, 2.45) is 0 Å². The van der Waals surface area contributed by atoms with Gasteiger partial charge >= 0.3 is 0 Å². The number of hydrogen-bond acceptors (Lipinski definition) is 2. The Bertz CT molecular complexity index is 814. The summed E-state index contributed by atoms with van der Waals surface area (Å²) in [5, 5.41) is 0.697. The maximum atomic E-state index is 14.1. The molecule has 0 fully saturated rings. The van der Waals surface area contributed by atoms with Gasteiger partial charge in [0.2, 0.25) is 0 Å². The number of thiazole rings is 1. The highest BCUT2D eigenvalue weighted by atomic mass is 79.9. The first-order valence-corrected chi connectivity index (χ1v) is 8.64. The molecule has 0 unspecified atom stereocenters. The highest BCUT2D eigenvalue weighted by molar-refractivity contribution is 9.10. The van der Waals surface area contributed by atoms with Gasteiger partial charge in [-0.15, -0.1) is 11.3 Å². The van der Waals surface area contributed by atoms with Gasteiger partial charge in [0, 0.05) is 24.9 Å². The largest absolute Gasteiger partial charge is 0.236 e. The molecule has 2 aromatic carbocycles. The van der Waals surface area contributed by atoms with Gasteiger partial charge < -0.3 is 0 Å². The first-order chi connectivity index (χ1) is 10.1. The maximum Gasteiger partial charge on any atom is 0.134 e. The Morgan fingerprint density at radius 3 is 2.52 bits per heavy atom. The summed E-state index contributed by atoms with van der Waals surface area (Å²) >= 11 is 8.32. The minimum atomic E-state index is -0.267. The lowest BCUT2D eigenvalue weighted by atomic mass is 10.1. The second-order valence-electron chi connectivity index (χ2n) is 4.53. The van der Waals surface area contributed by atoms with E-state index >= 15 is 0 Å². The molecule has 0 bridgehead atoms. The molecule has 5 heteroatoms. The quantitative estimate of drug-likeness (QED) is 0.458. The molecule has 1 aromatic heterocycles. The number of benzene rings is 2. The summed E-state index contributed by atoms with van der Waals surface area (Å²) in [5.74, 6) is -0.267. The molecule has 106 valence electrons. The second kappa shape index (κ2) is 5.99. The first-order valence-electron chi connectivity index (χ1n) is 6.24. The van der Waals surface area contributed by atoms with Crippen LogP contribution < -0.4 is 0 Å². The Balaban J connectivity index is 2.12. The van der Waals surface area contributed by atoms with E-state index in [0.717, 1.165) is 25.1 Å². The Labute approximate surface area is 143 Å². The van der Waals surface area contributed by atoms with E-state index < -0.39 is 0 Å². The van der Waals surface area contributed by atoms with Gasteiger partial charge in [-0.25, -0.2) is 9.37 Å². The Hall–Kier alpha value is -1.04. The van der Waals surface area contributed by atoms with Crippen LogP contribution in [0.5, 0.6) is 0 Å². The SMILES string of the molecule is Cc1sc(-c2ccc(Br)cc2F)nc1-c1ccccc1Br. The van der Waals surface area contributed by atoms with Crippen LogP contribution in [-0.2, 0) is 0 Å². The van der Waals surface area contributed by atoms with Gasteiger partial charge in [-0.3, -0.25) is 0 Å². The van der Waals surface area contributed by atoms with Crippen molar-refractivity contribution in [2.45, 2.75) is 6.92 Å². The minimum absolute atomic E-state index is 0.267. The van der Waals surface area contributed by atoms with Crippen LogP contribution >= 0.6 is 43.2 Å². The second-order valence-corrected chi connectivity index (χ2v) is 7.50. The highest BCUT2D eigenvalue weighted by Gasteiger charge is 2.15. The van der Waals surface area contributed by atoms with Gasteiger partial charge in [0.1, 0.15) is 10.8 Å². The third-order valence-corrected chi connectivity index (χ3v) is 5.28. The summed E-state index contributed by atoms with van der Waals surface area (Å²) in [5.41, 5.74) is 2.45. The van der Waals surface area contributed by atoms with E-state index in [4.69, 9.17) is 0 Å². The van der Waals surface area contributed by atoms with E-state index in [1.54, 1.807) is 6.07 Å². The number of nitrogens with zero attached hydrogens (tertiary/aromatic N) is 1. The van der Waals surface area contributed by atoms with Crippen LogP contribution in [-0.4, -0.2) is 4.98 Å². The lowest BCUT2D eigenvalue weighted by Crippen LogP contribution is -1.85. The predicted molar refractivity (Wildman–Crippen MR) is 93.1 cm³/mol. The van der Waals surface area contributed by atoms with Crippen LogP contribution in [0, 0.1) is 12.7 Å². The van der Waals surface area contributed by atoms with Gasteiger partial charge in [0.25, 0.3) is 0 Å². The molecule has 1 heterocycles. The van der Waals surface area contributed by atoms with E-state index in [9.17, 15) is 4.39 Å². The van der Waals surface area contributed by atoms with E-state index in [-0.39, 0.29) is 5.82 Å². The fraction of sp³-hybridized carbons (Fsp3) is 0.0625. The van der Waals surface area contributed by atoms with Gasteiger partial charge in [0.05, 0.1) is 5.69 Å². The molecule has 0 saturated heterocycles. The molecule has 0 amide bonds. The highest BCUT2D eigenvalue weighted by Crippen LogP contribution is 2.37. The topological polar surface area (TPSA) is 12.9 Å².